The Bertz CT molecular complexity index is 311. The Balaban J connectivity index is 1.45. The van der Waals surface area contributed by atoms with Gasteiger partial charge < -0.3 is 9.47 Å². The van der Waals surface area contributed by atoms with Gasteiger partial charge in [-0.15, -0.1) is 0 Å². The molecule has 0 amide bonds. The van der Waals surface area contributed by atoms with Crippen molar-refractivity contribution < 1.29 is 9.47 Å². The summed E-state index contributed by atoms with van der Waals surface area (Å²) in [5, 5.41) is 0. The van der Waals surface area contributed by atoms with Crippen LogP contribution >= 0.6 is 10.0 Å². The maximum Gasteiger partial charge on any atom is 0.0877 e. The molecule has 24 heavy (non-hydrogen) atoms. The molecule has 3 unspecified atom stereocenters. The van der Waals surface area contributed by atoms with E-state index < -0.39 is 10.0 Å². The summed E-state index contributed by atoms with van der Waals surface area (Å²) < 4.78 is 11.8. The Morgan fingerprint density at radius 1 is 0.792 bits per heavy atom. The van der Waals surface area contributed by atoms with Crippen LogP contribution in [0.4, 0.5) is 0 Å². The molecule has 0 N–H and O–H groups in total. The maximum absolute atomic E-state index is 6.06. The van der Waals surface area contributed by atoms with Gasteiger partial charge in [0.2, 0.25) is 0 Å². The van der Waals surface area contributed by atoms with E-state index in [1.807, 2.05) is 0 Å². The highest BCUT2D eigenvalue weighted by Gasteiger charge is 2.31. The number of hydrogen-bond donors (Lipinski definition) is 0. The predicted octanol–water partition coefficient (Wildman–Crippen LogP) is 6.27. The van der Waals surface area contributed by atoms with Crippen LogP contribution in [0.2, 0.25) is 0 Å². The fourth-order valence-corrected chi connectivity index (χ4v) is 8.07. The quantitative estimate of drug-likeness (QED) is 0.361. The van der Waals surface area contributed by atoms with E-state index in [-0.39, 0.29) is 0 Å². The van der Waals surface area contributed by atoms with Crippen molar-refractivity contribution in [2.24, 2.45) is 0 Å². The van der Waals surface area contributed by atoms with Crippen molar-refractivity contribution in [2.75, 3.05) is 31.0 Å². The van der Waals surface area contributed by atoms with Crippen LogP contribution in [0.25, 0.3) is 0 Å². The molecule has 0 spiro atoms. The summed E-state index contributed by atoms with van der Waals surface area (Å²) in [6.45, 7) is 4.37. The van der Waals surface area contributed by atoms with Crippen molar-refractivity contribution in [3.8, 4) is 0 Å². The van der Waals surface area contributed by atoms with Gasteiger partial charge >= 0.3 is 0 Å². The summed E-state index contributed by atoms with van der Waals surface area (Å²) in [5.41, 5.74) is 0.621. The van der Waals surface area contributed by atoms with E-state index in [1.54, 1.807) is 0 Å². The third-order valence-electron chi connectivity index (χ3n) is 5.85. The van der Waals surface area contributed by atoms with Crippen molar-refractivity contribution in [2.45, 2.75) is 102 Å². The number of hydrogen-bond acceptors (Lipinski definition) is 2. The Hall–Kier alpha value is 0.270. The van der Waals surface area contributed by atoms with Crippen LogP contribution in [-0.4, -0.2) is 42.5 Å². The van der Waals surface area contributed by atoms with Gasteiger partial charge in [-0.2, -0.15) is 0 Å². The number of ether oxygens (including phenoxy) is 2. The summed E-state index contributed by atoms with van der Waals surface area (Å²) in [7, 11) is -0.514. The zero-order valence-corrected chi connectivity index (χ0v) is 17.2. The highest BCUT2D eigenvalue weighted by molar-refractivity contribution is 8.33. The van der Waals surface area contributed by atoms with Gasteiger partial charge in [-0.25, -0.2) is 10.0 Å². The normalized spacial score (nSPS) is 28.1. The second-order valence-corrected chi connectivity index (χ2v) is 12.1. The first-order valence-corrected chi connectivity index (χ1v) is 13.1. The molecule has 2 fully saturated rings. The molecular formula is C21H42O2S. The van der Waals surface area contributed by atoms with E-state index in [9.17, 15) is 0 Å². The lowest BCUT2D eigenvalue weighted by Crippen LogP contribution is -2.22. The van der Waals surface area contributed by atoms with E-state index in [4.69, 9.17) is 9.47 Å². The Labute approximate surface area is 152 Å². The summed E-state index contributed by atoms with van der Waals surface area (Å²) in [5.74, 6) is 2.87. The monoisotopic (exact) mass is 358 g/mol. The van der Waals surface area contributed by atoms with Crippen molar-refractivity contribution in [3.05, 3.63) is 0 Å². The minimum atomic E-state index is -0.514. The fourth-order valence-electron chi connectivity index (χ4n) is 4.39. The van der Waals surface area contributed by atoms with Gasteiger partial charge in [-0.05, 0) is 62.7 Å². The number of rotatable bonds is 13. The van der Waals surface area contributed by atoms with Crippen LogP contribution < -0.4 is 0 Å². The second-order valence-electron chi connectivity index (χ2n) is 8.10. The van der Waals surface area contributed by atoms with Crippen LogP contribution in [-0.2, 0) is 9.47 Å². The molecule has 0 aromatic rings. The second kappa shape index (κ2) is 11.8. The highest BCUT2D eigenvalue weighted by Crippen LogP contribution is 2.54. The Morgan fingerprint density at radius 3 is 2.08 bits per heavy atom. The molecule has 3 atom stereocenters. The van der Waals surface area contributed by atoms with Crippen molar-refractivity contribution in [1.82, 2.24) is 0 Å². The van der Waals surface area contributed by atoms with Gasteiger partial charge in [0.05, 0.1) is 11.5 Å². The van der Waals surface area contributed by atoms with Crippen molar-refractivity contribution in [3.63, 3.8) is 0 Å². The van der Waals surface area contributed by atoms with Crippen LogP contribution in [0.5, 0.6) is 0 Å². The highest BCUT2D eigenvalue weighted by atomic mass is 32.3. The van der Waals surface area contributed by atoms with Crippen molar-refractivity contribution >= 4 is 10.0 Å². The molecule has 0 radical (unpaired) electrons. The van der Waals surface area contributed by atoms with Crippen LogP contribution in [0, 0.1) is 0 Å². The molecule has 0 aliphatic carbocycles. The summed E-state index contributed by atoms with van der Waals surface area (Å²) in [6, 6.07) is 0. The summed E-state index contributed by atoms with van der Waals surface area (Å²) in [6.07, 6.45) is 21.0. The minimum absolute atomic E-state index is 0.514. The molecule has 0 aromatic heterocycles. The predicted molar refractivity (Wildman–Crippen MR) is 108 cm³/mol. The van der Waals surface area contributed by atoms with Crippen LogP contribution in [0.3, 0.4) is 0 Å². The molecule has 144 valence electrons. The molecule has 3 heteroatoms. The lowest BCUT2D eigenvalue weighted by atomic mass is 10.1. The van der Waals surface area contributed by atoms with E-state index in [0.29, 0.717) is 11.5 Å². The van der Waals surface area contributed by atoms with Gasteiger partial charge in [0, 0.05) is 13.2 Å². The zero-order chi connectivity index (χ0) is 17.1. The third-order valence-corrected chi connectivity index (χ3v) is 10.1. The van der Waals surface area contributed by atoms with Gasteiger partial charge in [0.25, 0.3) is 0 Å². The molecule has 0 saturated carbocycles. The molecule has 2 aliphatic rings. The molecule has 2 aliphatic heterocycles. The smallest absolute Gasteiger partial charge is 0.0877 e. The lowest BCUT2D eigenvalue weighted by Gasteiger charge is -2.41. The standard InChI is InChI=1S/C21H42O2S/c1-3-18-24(2,21-15-12-17-23-21)19-10-8-6-4-5-7-9-13-20-14-11-16-22-20/h20-21H,3-19H2,1-2H3. The average molecular weight is 359 g/mol. The van der Waals surface area contributed by atoms with E-state index in [0.717, 1.165) is 13.2 Å². The maximum atomic E-state index is 6.06. The SMILES string of the molecule is CCCS(C)(CCCCCCCCCC1CCCO1)C1CCCO1. The molecule has 2 rings (SSSR count). The van der Waals surface area contributed by atoms with Crippen LogP contribution in [0.1, 0.15) is 90.4 Å². The average Bonchev–Trinajstić information content (AvgIpc) is 3.27. The van der Waals surface area contributed by atoms with E-state index in [1.165, 1.54) is 95.0 Å². The Morgan fingerprint density at radius 2 is 1.46 bits per heavy atom. The molecule has 0 bridgehead atoms. The van der Waals surface area contributed by atoms with Crippen LogP contribution in [0.15, 0.2) is 0 Å². The van der Waals surface area contributed by atoms with Gasteiger partial charge in [0.15, 0.2) is 0 Å². The van der Waals surface area contributed by atoms with Gasteiger partial charge in [-0.3, -0.25) is 0 Å². The summed E-state index contributed by atoms with van der Waals surface area (Å²) in [4.78, 5) is 0. The topological polar surface area (TPSA) is 18.5 Å². The molecule has 0 aromatic carbocycles. The molecular weight excluding hydrogens is 316 g/mol. The van der Waals surface area contributed by atoms with Gasteiger partial charge in [0.1, 0.15) is 0 Å². The largest absolute Gasteiger partial charge is 0.378 e. The van der Waals surface area contributed by atoms with E-state index >= 15 is 0 Å². The third kappa shape index (κ3) is 7.25. The van der Waals surface area contributed by atoms with E-state index in [2.05, 4.69) is 13.2 Å². The molecule has 2 heterocycles. The first kappa shape index (κ1) is 20.6. The fraction of sp³-hybridized carbons (Fsp3) is 1.00. The minimum Gasteiger partial charge on any atom is -0.378 e. The lowest BCUT2D eigenvalue weighted by molar-refractivity contribution is 0.102. The first-order chi connectivity index (χ1) is 11.7. The van der Waals surface area contributed by atoms with Gasteiger partial charge in [-0.1, -0.05) is 45.4 Å². The zero-order valence-electron chi connectivity index (χ0n) is 16.4. The number of unbranched alkanes of at least 4 members (excludes halogenated alkanes) is 6. The Kier molecular flexibility index (Phi) is 10.1. The van der Waals surface area contributed by atoms with Crippen molar-refractivity contribution in [1.29, 1.82) is 0 Å². The summed E-state index contributed by atoms with van der Waals surface area (Å²) >= 11 is 0. The first-order valence-electron chi connectivity index (χ1n) is 10.7. The molecule has 2 nitrogen and oxygen atoms in total. The molecule has 2 saturated heterocycles.